The van der Waals surface area contributed by atoms with E-state index < -0.39 is 0 Å². The number of hydrogen-bond donors (Lipinski definition) is 1. The van der Waals surface area contributed by atoms with Crippen LogP contribution in [0.15, 0.2) is 54.6 Å². The standard InChI is InChI=1S/C23H28N2O3/c1-23(2,3)24-22(26)20-15-18-19(25(20)13-14-27-4)11-8-12-21(18)28-16-17-9-6-5-7-10-17/h5-12,15H,13-14,16H2,1-4H3,(H,24,26). The number of rotatable bonds is 7. The highest BCUT2D eigenvalue weighted by Gasteiger charge is 2.21. The Hall–Kier alpha value is -2.79. The maximum absolute atomic E-state index is 12.9. The molecule has 148 valence electrons. The summed E-state index contributed by atoms with van der Waals surface area (Å²) in [6.45, 7) is 7.51. The van der Waals surface area contributed by atoms with Crippen molar-refractivity contribution in [3.8, 4) is 5.75 Å². The lowest BCUT2D eigenvalue weighted by Gasteiger charge is -2.21. The second-order valence-corrected chi connectivity index (χ2v) is 7.84. The van der Waals surface area contributed by atoms with Crippen molar-refractivity contribution in [3.05, 3.63) is 65.9 Å². The lowest BCUT2D eigenvalue weighted by Crippen LogP contribution is -2.41. The van der Waals surface area contributed by atoms with E-state index in [2.05, 4.69) is 5.32 Å². The van der Waals surface area contributed by atoms with Gasteiger partial charge < -0.3 is 19.4 Å². The molecule has 0 unspecified atom stereocenters. The van der Waals surface area contributed by atoms with E-state index in [9.17, 15) is 4.79 Å². The van der Waals surface area contributed by atoms with Gasteiger partial charge in [-0.25, -0.2) is 0 Å². The Morgan fingerprint density at radius 1 is 1.07 bits per heavy atom. The topological polar surface area (TPSA) is 52.5 Å². The van der Waals surface area contributed by atoms with E-state index in [-0.39, 0.29) is 11.4 Å². The molecule has 5 nitrogen and oxygen atoms in total. The lowest BCUT2D eigenvalue weighted by atomic mass is 10.1. The summed E-state index contributed by atoms with van der Waals surface area (Å²) >= 11 is 0. The maximum atomic E-state index is 12.9. The van der Waals surface area contributed by atoms with Gasteiger partial charge in [-0.05, 0) is 44.5 Å². The molecule has 0 spiro atoms. The van der Waals surface area contributed by atoms with E-state index in [1.54, 1.807) is 7.11 Å². The van der Waals surface area contributed by atoms with Crippen molar-refractivity contribution in [2.24, 2.45) is 0 Å². The summed E-state index contributed by atoms with van der Waals surface area (Å²) in [4.78, 5) is 12.9. The van der Waals surface area contributed by atoms with Crippen molar-refractivity contribution in [3.63, 3.8) is 0 Å². The Morgan fingerprint density at radius 3 is 2.50 bits per heavy atom. The average Bonchev–Trinajstić information content (AvgIpc) is 3.03. The first kappa shape index (κ1) is 20.0. The van der Waals surface area contributed by atoms with E-state index in [0.29, 0.717) is 25.5 Å². The van der Waals surface area contributed by atoms with E-state index >= 15 is 0 Å². The second-order valence-electron chi connectivity index (χ2n) is 7.84. The van der Waals surface area contributed by atoms with Gasteiger partial charge in [0.1, 0.15) is 18.1 Å². The first-order valence-corrected chi connectivity index (χ1v) is 9.49. The van der Waals surface area contributed by atoms with E-state index in [0.717, 1.165) is 22.2 Å². The fourth-order valence-corrected chi connectivity index (χ4v) is 3.13. The summed E-state index contributed by atoms with van der Waals surface area (Å²) in [6.07, 6.45) is 0. The van der Waals surface area contributed by atoms with Crippen molar-refractivity contribution in [2.45, 2.75) is 39.5 Å². The predicted molar refractivity (Wildman–Crippen MR) is 112 cm³/mol. The zero-order valence-corrected chi connectivity index (χ0v) is 17.0. The predicted octanol–water partition coefficient (Wildman–Crippen LogP) is 4.40. The molecule has 0 radical (unpaired) electrons. The van der Waals surface area contributed by atoms with Crippen LogP contribution >= 0.6 is 0 Å². The molecule has 28 heavy (non-hydrogen) atoms. The van der Waals surface area contributed by atoms with Gasteiger partial charge in [0, 0.05) is 24.6 Å². The number of carbonyl (C=O) groups is 1. The molecule has 5 heteroatoms. The van der Waals surface area contributed by atoms with Crippen molar-refractivity contribution < 1.29 is 14.3 Å². The molecule has 0 saturated carbocycles. The highest BCUT2D eigenvalue weighted by molar-refractivity contribution is 6.00. The zero-order chi connectivity index (χ0) is 20.1. The molecule has 1 heterocycles. The second kappa shape index (κ2) is 8.48. The molecule has 0 saturated heterocycles. The fraction of sp³-hybridized carbons (Fsp3) is 0.348. The van der Waals surface area contributed by atoms with Crippen LogP contribution in [-0.2, 0) is 17.9 Å². The minimum Gasteiger partial charge on any atom is -0.488 e. The van der Waals surface area contributed by atoms with Gasteiger partial charge in [0.15, 0.2) is 0 Å². The molecule has 1 aromatic heterocycles. The number of nitrogens with zero attached hydrogens (tertiary/aromatic N) is 1. The molecule has 1 amide bonds. The number of nitrogens with one attached hydrogen (secondary N) is 1. The Kier molecular flexibility index (Phi) is 6.05. The molecule has 0 fully saturated rings. The summed E-state index contributed by atoms with van der Waals surface area (Å²) in [7, 11) is 1.66. The normalized spacial score (nSPS) is 11.6. The molecule has 0 aliphatic rings. The van der Waals surface area contributed by atoms with Crippen LogP contribution in [0.25, 0.3) is 10.9 Å². The first-order chi connectivity index (χ1) is 13.4. The third-order valence-corrected chi connectivity index (χ3v) is 4.38. The van der Waals surface area contributed by atoms with Crippen LogP contribution < -0.4 is 10.1 Å². The number of aromatic nitrogens is 1. The number of fused-ring (bicyclic) bond motifs is 1. The first-order valence-electron chi connectivity index (χ1n) is 9.49. The highest BCUT2D eigenvalue weighted by Crippen LogP contribution is 2.30. The van der Waals surface area contributed by atoms with Crippen LogP contribution in [0.3, 0.4) is 0 Å². The SMILES string of the molecule is COCCn1c(C(=O)NC(C)(C)C)cc2c(OCc3ccccc3)cccc21. The van der Waals surface area contributed by atoms with Gasteiger partial charge in [-0.1, -0.05) is 36.4 Å². The van der Waals surface area contributed by atoms with Crippen LogP contribution in [0.2, 0.25) is 0 Å². The Balaban J connectivity index is 1.97. The Morgan fingerprint density at radius 2 is 1.82 bits per heavy atom. The molecule has 0 bridgehead atoms. The van der Waals surface area contributed by atoms with Gasteiger partial charge in [0.25, 0.3) is 5.91 Å². The van der Waals surface area contributed by atoms with Crippen LogP contribution in [-0.4, -0.2) is 29.7 Å². The monoisotopic (exact) mass is 380 g/mol. The van der Waals surface area contributed by atoms with Gasteiger partial charge in [-0.15, -0.1) is 0 Å². The lowest BCUT2D eigenvalue weighted by molar-refractivity contribution is 0.0908. The van der Waals surface area contributed by atoms with Crippen molar-refractivity contribution in [1.29, 1.82) is 0 Å². The summed E-state index contributed by atoms with van der Waals surface area (Å²) < 4.78 is 13.3. The maximum Gasteiger partial charge on any atom is 0.268 e. The van der Waals surface area contributed by atoms with Crippen molar-refractivity contribution in [2.75, 3.05) is 13.7 Å². The van der Waals surface area contributed by atoms with E-state index in [1.807, 2.05) is 79.9 Å². The molecule has 1 N–H and O–H groups in total. The summed E-state index contributed by atoms with van der Waals surface area (Å²) in [6, 6.07) is 17.9. The quantitative estimate of drug-likeness (QED) is 0.661. The molecule has 2 aromatic carbocycles. The minimum absolute atomic E-state index is 0.103. The average molecular weight is 380 g/mol. The van der Waals surface area contributed by atoms with Gasteiger partial charge >= 0.3 is 0 Å². The number of hydrogen-bond acceptors (Lipinski definition) is 3. The number of amides is 1. The third-order valence-electron chi connectivity index (χ3n) is 4.38. The number of methoxy groups -OCH3 is 1. The van der Waals surface area contributed by atoms with E-state index in [1.165, 1.54) is 0 Å². The number of carbonyl (C=O) groups excluding carboxylic acids is 1. The van der Waals surface area contributed by atoms with Gasteiger partial charge in [0.05, 0.1) is 12.1 Å². The fourth-order valence-electron chi connectivity index (χ4n) is 3.13. The molecule has 3 aromatic rings. The van der Waals surface area contributed by atoms with Gasteiger partial charge in [-0.2, -0.15) is 0 Å². The zero-order valence-electron chi connectivity index (χ0n) is 17.0. The van der Waals surface area contributed by atoms with Crippen molar-refractivity contribution in [1.82, 2.24) is 9.88 Å². The van der Waals surface area contributed by atoms with Crippen molar-refractivity contribution >= 4 is 16.8 Å². The Bertz CT molecular complexity index is 940. The molecular formula is C23H28N2O3. The summed E-state index contributed by atoms with van der Waals surface area (Å²) in [5.41, 5.74) is 2.36. The van der Waals surface area contributed by atoms with Gasteiger partial charge in [0.2, 0.25) is 0 Å². The number of benzene rings is 2. The van der Waals surface area contributed by atoms with E-state index in [4.69, 9.17) is 9.47 Å². The molecule has 0 aliphatic heterocycles. The smallest absolute Gasteiger partial charge is 0.268 e. The van der Waals surface area contributed by atoms with Crippen LogP contribution in [0, 0.1) is 0 Å². The summed E-state index contributed by atoms with van der Waals surface area (Å²) in [5, 5.41) is 3.97. The molecule has 0 atom stereocenters. The summed E-state index contributed by atoms with van der Waals surface area (Å²) in [5.74, 6) is 0.663. The minimum atomic E-state index is -0.313. The van der Waals surface area contributed by atoms with Crippen LogP contribution in [0.1, 0.15) is 36.8 Å². The number of ether oxygens (including phenoxy) is 2. The highest BCUT2D eigenvalue weighted by atomic mass is 16.5. The Labute approximate surface area is 166 Å². The molecular weight excluding hydrogens is 352 g/mol. The third kappa shape index (κ3) is 4.73. The molecule has 0 aliphatic carbocycles. The largest absolute Gasteiger partial charge is 0.488 e. The van der Waals surface area contributed by atoms with Crippen LogP contribution in [0.5, 0.6) is 5.75 Å². The van der Waals surface area contributed by atoms with Crippen LogP contribution in [0.4, 0.5) is 0 Å². The van der Waals surface area contributed by atoms with Gasteiger partial charge in [-0.3, -0.25) is 4.79 Å². The molecule has 3 rings (SSSR count).